The zero-order chi connectivity index (χ0) is 15.2. The molecule has 0 aliphatic heterocycles. The fourth-order valence-electron chi connectivity index (χ4n) is 2.07. The van der Waals surface area contributed by atoms with E-state index < -0.39 is 0 Å². The van der Waals surface area contributed by atoms with Gasteiger partial charge in [-0.25, -0.2) is 0 Å². The first-order valence-electron chi connectivity index (χ1n) is 6.52. The minimum absolute atomic E-state index is 0.116. The molecule has 1 aromatic carbocycles. The summed E-state index contributed by atoms with van der Waals surface area (Å²) in [5.41, 5.74) is 2.78. The molecule has 2 aromatic rings. The minimum atomic E-state index is -0.116. The number of nitriles is 1. The van der Waals surface area contributed by atoms with Crippen LogP contribution < -0.4 is 5.32 Å². The summed E-state index contributed by atoms with van der Waals surface area (Å²) in [4.78, 5) is 18.1. The Morgan fingerprint density at radius 3 is 2.95 bits per heavy atom. The first kappa shape index (κ1) is 14.5. The lowest BCUT2D eigenvalue weighted by Gasteiger charge is -2.19. The zero-order valence-electron chi connectivity index (χ0n) is 12.0. The van der Waals surface area contributed by atoms with Crippen molar-refractivity contribution in [2.45, 2.75) is 6.54 Å². The Morgan fingerprint density at radius 1 is 1.43 bits per heavy atom. The zero-order valence-corrected chi connectivity index (χ0v) is 12.0. The fraction of sp³-hybridized carbons (Fsp3) is 0.188. The number of aromatic nitrogens is 1. The highest BCUT2D eigenvalue weighted by atomic mass is 16.2. The first-order valence-corrected chi connectivity index (χ1v) is 6.52. The molecule has 1 amide bonds. The topological polar surface area (TPSA) is 69.0 Å². The van der Waals surface area contributed by atoms with Crippen molar-refractivity contribution in [3.05, 3.63) is 59.4 Å². The van der Waals surface area contributed by atoms with Crippen molar-refractivity contribution in [1.82, 2.24) is 9.88 Å². The van der Waals surface area contributed by atoms with Crippen molar-refractivity contribution in [3.8, 4) is 6.07 Å². The van der Waals surface area contributed by atoms with Gasteiger partial charge in [-0.15, -0.1) is 0 Å². The number of amides is 1. The van der Waals surface area contributed by atoms with E-state index >= 15 is 0 Å². The summed E-state index contributed by atoms with van der Waals surface area (Å²) in [6.07, 6.45) is 3.19. The maximum Gasteiger partial charge on any atom is 0.257 e. The Morgan fingerprint density at radius 2 is 2.24 bits per heavy atom. The first-order chi connectivity index (χ1) is 10.2. The van der Waals surface area contributed by atoms with Crippen LogP contribution in [0.25, 0.3) is 0 Å². The molecule has 0 aliphatic rings. The van der Waals surface area contributed by atoms with Crippen LogP contribution in [0.15, 0.2) is 42.7 Å². The predicted octanol–water partition coefficient (Wildman–Crippen LogP) is 2.27. The molecule has 5 heteroatoms. The molecule has 2 rings (SSSR count). The van der Waals surface area contributed by atoms with E-state index in [-0.39, 0.29) is 5.91 Å². The molecule has 0 saturated carbocycles. The molecule has 0 atom stereocenters. The molecule has 1 heterocycles. The van der Waals surface area contributed by atoms with E-state index in [0.717, 1.165) is 11.3 Å². The van der Waals surface area contributed by atoms with Gasteiger partial charge in [0.2, 0.25) is 0 Å². The van der Waals surface area contributed by atoms with Crippen LogP contribution in [0.1, 0.15) is 21.5 Å². The van der Waals surface area contributed by atoms with E-state index in [1.165, 1.54) is 0 Å². The standard InChI is InChI=1S/C16H16N4O/c1-18-15-6-7-19-10-14(15)16(21)20(2)11-13-5-3-4-12(8-13)9-17/h3-8,10H,11H2,1-2H3,(H,18,19). The van der Waals surface area contributed by atoms with Crippen molar-refractivity contribution in [1.29, 1.82) is 5.26 Å². The molecular weight excluding hydrogens is 264 g/mol. The van der Waals surface area contributed by atoms with Crippen molar-refractivity contribution >= 4 is 11.6 Å². The second-order valence-corrected chi connectivity index (χ2v) is 4.64. The van der Waals surface area contributed by atoms with Crippen LogP contribution in [0.4, 0.5) is 5.69 Å². The Labute approximate surface area is 123 Å². The monoisotopic (exact) mass is 280 g/mol. The third kappa shape index (κ3) is 3.37. The number of hydrogen-bond acceptors (Lipinski definition) is 4. The molecule has 0 radical (unpaired) electrons. The summed E-state index contributed by atoms with van der Waals surface area (Å²) in [5.74, 6) is -0.116. The molecule has 1 aromatic heterocycles. The van der Waals surface area contributed by atoms with Gasteiger partial charge in [-0.3, -0.25) is 9.78 Å². The molecule has 5 nitrogen and oxygen atoms in total. The highest BCUT2D eigenvalue weighted by Gasteiger charge is 2.15. The molecule has 1 N–H and O–H groups in total. The number of anilines is 1. The van der Waals surface area contributed by atoms with E-state index in [2.05, 4.69) is 16.4 Å². The molecule has 0 aliphatic carbocycles. The molecule has 0 unspecified atom stereocenters. The summed E-state index contributed by atoms with van der Waals surface area (Å²) >= 11 is 0. The highest BCUT2D eigenvalue weighted by molar-refractivity contribution is 5.99. The molecule has 0 saturated heterocycles. The molecule has 21 heavy (non-hydrogen) atoms. The third-order valence-corrected chi connectivity index (χ3v) is 3.14. The Hall–Kier alpha value is -2.87. The van der Waals surface area contributed by atoms with Gasteiger partial charge in [0.1, 0.15) is 0 Å². The number of carbonyl (C=O) groups excluding carboxylic acids is 1. The lowest BCUT2D eigenvalue weighted by atomic mass is 10.1. The number of rotatable bonds is 4. The second-order valence-electron chi connectivity index (χ2n) is 4.64. The molecule has 0 spiro atoms. The van der Waals surface area contributed by atoms with Crippen molar-refractivity contribution in [2.75, 3.05) is 19.4 Å². The van der Waals surface area contributed by atoms with Gasteiger partial charge in [0.15, 0.2) is 0 Å². The Bertz CT molecular complexity index is 691. The van der Waals surface area contributed by atoms with Crippen molar-refractivity contribution < 1.29 is 4.79 Å². The largest absolute Gasteiger partial charge is 0.387 e. The second kappa shape index (κ2) is 6.53. The lowest BCUT2D eigenvalue weighted by molar-refractivity contribution is 0.0785. The van der Waals surface area contributed by atoms with E-state index in [9.17, 15) is 4.79 Å². The van der Waals surface area contributed by atoms with Gasteiger partial charge in [0.25, 0.3) is 5.91 Å². The van der Waals surface area contributed by atoms with Crippen molar-refractivity contribution in [3.63, 3.8) is 0 Å². The number of nitrogens with one attached hydrogen (secondary N) is 1. The van der Waals surface area contributed by atoms with Gasteiger partial charge < -0.3 is 10.2 Å². The van der Waals surface area contributed by atoms with Gasteiger partial charge in [-0.05, 0) is 23.8 Å². The molecule has 106 valence electrons. The van der Waals surface area contributed by atoms with Crippen LogP contribution in [0, 0.1) is 11.3 Å². The van der Waals surface area contributed by atoms with Gasteiger partial charge >= 0.3 is 0 Å². The molecular formula is C16H16N4O. The predicted molar refractivity (Wildman–Crippen MR) is 80.7 cm³/mol. The fourth-order valence-corrected chi connectivity index (χ4v) is 2.07. The Balaban J connectivity index is 2.18. The van der Waals surface area contributed by atoms with E-state index in [4.69, 9.17) is 5.26 Å². The summed E-state index contributed by atoms with van der Waals surface area (Å²) in [6, 6.07) is 11.1. The third-order valence-electron chi connectivity index (χ3n) is 3.14. The summed E-state index contributed by atoms with van der Waals surface area (Å²) in [5, 5.41) is 11.9. The van der Waals surface area contributed by atoms with Gasteiger partial charge in [0, 0.05) is 38.7 Å². The molecule has 0 bridgehead atoms. The van der Waals surface area contributed by atoms with Gasteiger partial charge in [0.05, 0.1) is 17.2 Å². The van der Waals surface area contributed by atoms with Crippen LogP contribution in [0.3, 0.4) is 0 Å². The van der Waals surface area contributed by atoms with Crippen LogP contribution in [-0.2, 0) is 6.54 Å². The number of nitrogens with zero attached hydrogens (tertiary/aromatic N) is 3. The normalized spacial score (nSPS) is 9.76. The highest BCUT2D eigenvalue weighted by Crippen LogP contribution is 2.16. The number of benzene rings is 1. The SMILES string of the molecule is CNc1ccncc1C(=O)N(C)Cc1cccc(C#N)c1. The van der Waals surface area contributed by atoms with Crippen LogP contribution in [-0.4, -0.2) is 29.9 Å². The molecule has 0 fully saturated rings. The quantitative estimate of drug-likeness (QED) is 0.932. The maximum atomic E-state index is 12.5. The average molecular weight is 280 g/mol. The van der Waals surface area contributed by atoms with Crippen molar-refractivity contribution in [2.24, 2.45) is 0 Å². The smallest absolute Gasteiger partial charge is 0.257 e. The average Bonchev–Trinajstić information content (AvgIpc) is 2.54. The maximum absolute atomic E-state index is 12.5. The Kier molecular flexibility index (Phi) is 4.52. The number of pyridine rings is 1. The lowest BCUT2D eigenvalue weighted by Crippen LogP contribution is -2.27. The van der Waals surface area contributed by atoms with Crippen LogP contribution >= 0.6 is 0 Å². The number of carbonyl (C=O) groups is 1. The van der Waals surface area contributed by atoms with Crippen LogP contribution in [0.2, 0.25) is 0 Å². The van der Waals surface area contributed by atoms with Crippen LogP contribution in [0.5, 0.6) is 0 Å². The minimum Gasteiger partial charge on any atom is -0.387 e. The van der Waals surface area contributed by atoms with E-state index in [0.29, 0.717) is 17.7 Å². The number of hydrogen-bond donors (Lipinski definition) is 1. The van der Waals surface area contributed by atoms with Gasteiger partial charge in [-0.1, -0.05) is 12.1 Å². The van der Waals surface area contributed by atoms with E-state index in [1.54, 1.807) is 49.6 Å². The van der Waals surface area contributed by atoms with Gasteiger partial charge in [-0.2, -0.15) is 5.26 Å². The van der Waals surface area contributed by atoms with E-state index in [1.807, 2.05) is 12.1 Å². The summed E-state index contributed by atoms with van der Waals surface area (Å²) in [6.45, 7) is 0.437. The summed E-state index contributed by atoms with van der Waals surface area (Å²) in [7, 11) is 3.50. The summed E-state index contributed by atoms with van der Waals surface area (Å²) < 4.78 is 0.